The maximum absolute atomic E-state index is 13.2. The van der Waals surface area contributed by atoms with E-state index < -0.39 is 47.5 Å². The molecule has 0 spiro atoms. The summed E-state index contributed by atoms with van der Waals surface area (Å²) in [5.41, 5.74) is 0.285. The van der Waals surface area contributed by atoms with Gasteiger partial charge in [-0.1, -0.05) is 18.9 Å². The number of hydrogen-bond donors (Lipinski definition) is 2. The predicted octanol–water partition coefficient (Wildman–Crippen LogP) is 2.99. The first-order valence-electron chi connectivity index (χ1n) is 9.68. The summed E-state index contributed by atoms with van der Waals surface area (Å²) in [6.07, 6.45) is 2.75. The SMILES string of the molecule is O=C(CCNS(=O)(=O)c1ccc(F)c(F)c1)Nc1cccc(S(=O)(=O)C2CCCC2)c1. The molecule has 0 aliphatic heterocycles. The summed E-state index contributed by atoms with van der Waals surface area (Å²) in [7, 11) is -7.59. The van der Waals surface area contributed by atoms with Crippen molar-refractivity contribution in [1.29, 1.82) is 0 Å². The average Bonchev–Trinajstić information content (AvgIpc) is 3.26. The van der Waals surface area contributed by atoms with Gasteiger partial charge in [0.1, 0.15) is 0 Å². The Kier molecular flexibility index (Phi) is 7.07. The first kappa shape index (κ1) is 23.3. The van der Waals surface area contributed by atoms with Gasteiger partial charge in [0.2, 0.25) is 15.9 Å². The molecule has 0 radical (unpaired) electrons. The lowest BCUT2D eigenvalue weighted by molar-refractivity contribution is -0.116. The fraction of sp³-hybridized carbons (Fsp3) is 0.350. The minimum Gasteiger partial charge on any atom is -0.326 e. The largest absolute Gasteiger partial charge is 0.326 e. The Bertz CT molecular complexity index is 1180. The van der Waals surface area contributed by atoms with Gasteiger partial charge in [-0.25, -0.2) is 30.3 Å². The number of amides is 1. The van der Waals surface area contributed by atoms with Crippen molar-refractivity contribution in [3.05, 3.63) is 54.1 Å². The molecule has 1 aliphatic carbocycles. The van der Waals surface area contributed by atoms with Gasteiger partial charge in [0.15, 0.2) is 21.5 Å². The van der Waals surface area contributed by atoms with Gasteiger partial charge in [-0.15, -0.1) is 0 Å². The van der Waals surface area contributed by atoms with Crippen LogP contribution in [0.3, 0.4) is 0 Å². The van der Waals surface area contributed by atoms with Crippen LogP contribution >= 0.6 is 0 Å². The van der Waals surface area contributed by atoms with Crippen LogP contribution in [0.2, 0.25) is 0 Å². The maximum atomic E-state index is 13.2. The summed E-state index contributed by atoms with van der Waals surface area (Å²) in [6.45, 7) is -0.284. The molecule has 1 aliphatic rings. The minimum atomic E-state index is -4.12. The molecule has 1 saturated carbocycles. The van der Waals surface area contributed by atoms with Gasteiger partial charge in [-0.3, -0.25) is 4.79 Å². The van der Waals surface area contributed by atoms with E-state index in [1.807, 2.05) is 0 Å². The van der Waals surface area contributed by atoms with Gasteiger partial charge in [0.25, 0.3) is 0 Å². The van der Waals surface area contributed by atoms with E-state index in [-0.39, 0.29) is 23.5 Å². The fourth-order valence-corrected chi connectivity index (χ4v) is 6.33. The molecule has 0 unspecified atom stereocenters. The number of anilines is 1. The maximum Gasteiger partial charge on any atom is 0.240 e. The first-order chi connectivity index (χ1) is 14.6. The molecule has 2 aromatic rings. The second-order valence-corrected chi connectivity index (χ2v) is 11.2. The molecular weight excluding hydrogens is 450 g/mol. The Balaban J connectivity index is 1.58. The van der Waals surface area contributed by atoms with E-state index in [9.17, 15) is 30.4 Å². The predicted molar refractivity (Wildman–Crippen MR) is 111 cm³/mol. The van der Waals surface area contributed by atoms with Crippen molar-refractivity contribution in [3.8, 4) is 0 Å². The summed E-state index contributed by atoms with van der Waals surface area (Å²) in [5, 5.41) is 2.13. The van der Waals surface area contributed by atoms with E-state index in [2.05, 4.69) is 10.0 Å². The van der Waals surface area contributed by atoms with Crippen molar-refractivity contribution < 1.29 is 30.4 Å². The first-order valence-corrected chi connectivity index (χ1v) is 12.7. The topological polar surface area (TPSA) is 109 Å². The Morgan fingerprint density at radius 1 is 0.935 bits per heavy atom. The Morgan fingerprint density at radius 2 is 1.65 bits per heavy atom. The summed E-state index contributed by atoms with van der Waals surface area (Å²) >= 11 is 0. The second-order valence-electron chi connectivity index (χ2n) is 7.25. The van der Waals surface area contributed by atoms with Crippen LogP contribution in [0.15, 0.2) is 52.3 Å². The molecule has 0 atom stereocenters. The van der Waals surface area contributed by atoms with Gasteiger partial charge in [0.05, 0.1) is 15.0 Å². The smallest absolute Gasteiger partial charge is 0.240 e. The van der Waals surface area contributed by atoms with Crippen LogP contribution in [-0.2, 0) is 24.7 Å². The Labute approximate surface area is 179 Å². The molecule has 0 saturated heterocycles. The number of nitrogens with one attached hydrogen (secondary N) is 2. The zero-order valence-electron chi connectivity index (χ0n) is 16.5. The zero-order chi connectivity index (χ0) is 22.6. The normalized spacial score (nSPS) is 15.2. The van der Waals surface area contributed by atoms with Crippen LogP contribution < -0.4 is 10.0 Å². The van der Waals surface area contributed by atoms with E-state index in [0.717, 1.165) is 18.9 Å². The highest BCUT2D eigenvalue weighted by Crippen LogP contribution is 2.30. The quantitative estimate of drug-likeness (QED) is 0.614. The molecule has 1 amide bonds. The number of benzene rings is 2. The summed E-state index contributed by atoms with van der Waals surface area (Å²) in [5.74, 6) is -3.01. The molecule has 2 aromatic carbocycles. The molecule has 3 rings (SSSR count). The van der Waals surface area contributed by atoms with Crippen LogP contribution in [0.5, 0.6) is 0 Å². The summed E-state index contributed by atoms with van der Waals surface area (Å²) in [4.78, 5) is 11.8. The standard InChI is InChI=1S/C20H22F2N2O5S2/c21-18-9-8-17(13-19(18)22)31(28,29)23-11-10-20(25)24-14-4-3-7-16(12-14)30(26,27)15-5-1-2-6-15/h3-4,7-9,12-13,15,23H,1-2,5-6,10-11H2,(H,24,25). The van der Waals surface area contributed by atoms with Gasteiger partial charge in [0, 0.05) is 18.7 Å². The highest BCUT2D eigenvalue weighted by Gasteiger charge is 2.30. The number of carbonyl (C=O) groups excluding carboxylic acids is 1. The summed E-state index contributed by atoms with van der Waals surface area (Å²) in [6, 6.07) is 8.10. The zero-order valence-corrected chi connectivity index (χ0v) is 18.1. The highest BCUT2D eigenvalue weighted by molar-refractivity contribution is 7.92. The van der Waals surface area contributed by atoms with E-state index in [4.69, 9.17) is 0 Å². The molecule has 168 valence electrons. The van der Waals surface area contributed by atoms with Gasteiger partial charge in [-0.05, 0) is 49.2 Å². The Hall–Kier alpha value is -2.37. The fourth-order valence-electron chi connectivity index (χ4n) is 3.39. The molecule has 0 aromatic heterocycles. The van der Waals surface area contributed by atoms with Gasteiger partial charge < -0.3 is 5.32 Å². The molecule has 31 heavy (non-hydrogen) atoms. The third-order valence-electron chi connectivity index (χ3n) is 5.03. The molecule has 7 nitrogen and oxygen atoms in total. The number of rotatable bonds is 8. The van der Waals surface area contributed by atoms with Gasteiger partial charge >= 0.3 is 0 Å². The lowest BCUT2D eigenvalue weighted by atomic mass is 10.3. The third kappa shape index (κ3) is 5.66. The number of halogens is 2. The molecule has 2 N–H and O–H groups in total. The van der Waals surface area contributed by atoms with Gasteiger partial charge in [-0.2, -0.15) is 0 Å². The van der Waals surface area contributed by atoms with Crippen LogP contribution in [0.25, 0.3) is 0 Å². The number of sulfone groups is 1. The van der Waals surface area contributed by atoms with Crippen LogP contribution in [0.4, 0.5) is 14.5 Å². The summed E-state index contributed by atoms with van der Waals surface area (Å²) < 4.78 is 78.0. The minimum absolute atomic E-state index is 0.135. The van der Waals surface area contributed by atoms with E-state index in [0.29, 0.717) is 25.0 Å². The van der Waals surface area contributed by atoms with Crippen molar-refractivity contribution in [1.82, 2.24) is 4.72 Å². The number of sulfonamides is 1. The van der Waals surface area contributed by atoms with E-state index in [1.165, 1.54) is 24.3 Å². The molecule has 0 heterocycles. The van der Waals surface area contributed by atoms with E-state index >= 15 is 0 Å². The lowest BCUT2D eigenvalue weighted by Crippen LogP contribution is -2.28. The second kappa shape index (κ2) is 9.41. The molecule has 1 fully saturated rings. The molecule has 0 bridgehead atoms. The highest BCUT2D eigenvalue weighted by atomic mass is 32.2. The Morgan fingerprint density at radius 3 is 2.32 bits per heavy atom. The number of carbonyl (C=O) groups is 1. The molecular formula is C20H22F2N2O5S2. The van der Waals surface area contributed by atoms with Crippen molar-refractivity contribution in [3.63, 3.8) is 0 Å². The molecule has 11 heteroatoms. The van der Waals surface area contributed by atoms with E-state index in [1.54, 1.807) is 0 Å². The number of hydrogen-bond acceptors (Lipinski definition) is 5. The van der Waals surface area contributed by atoms with Crippen LogP contribution in [0, 0.1) is 11.6 Å². The van der Waals surface area contributed by atoms with Crippen molar-refractivity contribution in [2.24, 2.45) is 0 Å². The van der Waals surface area contributed by atoms with Crippen molar-refractivity contribution >= 4 is 31.5 Å². The average molecular weight is 473 g/mol. The lowest BCUT2D eigenvalue weighted by Gasteiger charge is -2.13. The van der Waals surface area contributed by atoms with Crippen LogP contribution in [0.1, 0.15) is 32.1 Å². The van der Waals surface area contributed by atoms with Crippen molar-refractivity contribution in [2.45, 2.75) is 47.1 Å². The van der Waals surface area contributed by atoms with Crippen LogP contribution in [-0.4, -0.2) is 34.5 Å². The third-order valence-corrected chi connectivity index (χ3v) is 8.75. The van der Waals surface area contributed by atoms with Crippen molar-refractivity contribution in [2.75, 3.05) is 11.9 Å². The monoisotopic (exact) mass is 472 g/mol.